The molecule has 0 saturated heterocycles. The van der Waals surface area contributed by atoms with Crippen LogP contribution in [0, 0.1) is 0 Å². The fourth-order valence-electron chi connectivity index (χ4n) is 0.982. The van der Waals surface area contributed by atoms with Gasteiger partial charge in [0.1, 0.15) is 0 Å². The van der Waals surface area contributed by atoms with E-state index >= 15 is 0 Å². The molecule has 0 aromatic heterocycles. The summed E-state index contributed by atoms with van der Waals surface area (Å²) in [5, 5.41) is 4.44. The highest BCUT2D eigenvalue weighted by Crippen LogP contribution is 2.33. The summed E-state index contributed by atoms with van der Waals surface area (Å²) in [5.74, 6) is 0. The van der Waals surface area contributed by atoms with Crippen LogP contribution in [0.4, 0.5) is 23.7 Å². The maximum Gasteiger partial charge on any atom is 0.416 e. The van der Waals surface area contributed by atoms with E-state index in [0.29, 0.717) is 0 Å². The molecule has 3 nitrogen and oxygen atoms in total. The molecule has 16 heavy (non-hydrogen) atoms. The third kappa shape index (κ3) is 3.03. The van der Waals surface area contributed by atoms with E-state index in [-0.39, 0.29) is 10.7 Å². The van der Waals surface area contributed by atoms with Crippen LogP contribution in [-0.2, 0) is 6.18 Å². The van der Waals surface area contributed by atoms with Crippen molar-refractivity contribution in [3.8, 4) is 0 Å². The fourth-order valence-corrected chi connectivity index (χ4v) is 1.15. The molecule has 0 heterocycles. The van der Waals surface area contributed by atoms with Crippen molar-refractivity contribution in [2.24, 2.45) is 0 Å². The van der Waals surface area contributed by atoms with E-state index < -0.39 is 17.8 Å². The fraction of sp³-hybridized carbons (Fsp3) is 0.222. The zero-order chi connectivity index (χ0) is 12.3. The molecule has 7 heteroatoms. The maximum atomic E-state index is 12.3. The van der Waals surface area contributed by atoms with E-state index in [1.807, 2.05) is 0 Å². The number of nitrogens with one attached hydrogen (secondary N) is 2. The van der Waals surface area contributed by atoms with Crippen LogP contribution in [0.15, 0.2) is 18.2 Å². The lowest BCUT2D eigenvalue weighted by molar-refractivity contribution is -0.137. The number of hydrogen-bond donors (Lipinski definition) is 2. The molecule has 0 aliphatic heterocycles. The van der Waals surface area contributed by atoms with Crippen LogP contribution < -0.4 is 10.6 Å². The van der Waals surface area contributed by atoms with Gasteiger partial charge in [0.05, 0.1) is 16.3 Å². The minimum absolute atomic E-state index is 0.0385. The Kier molecular flexibility index (Phi) is 3.64. The summed E-state index contributed by atoms with van der Waals surface area (Å²) in [4.78, 5) is 10.9. The molecule has 0 saturated carbocycles. The van der Waals surface area contributed by atoms with Gasteiger partial charge in [-0.15, -0.1) is 0 Å². The van der Waals surface area contributed by atoms with Crippen molar-refractivity contribution in [3.63, 3.8) is 0 Å². The monoisotopic (exact) mass is 252 g/mol. The Balaban J connectivity index is 3.04. The normalized spacial score (nSPS) is 11.1. The number of hydrogen-bond acceptors (Lipinski definition) is 1. The van der Waals surface area contributed by atoms with Crippen LogP contribution in [0.1, 0.15) is 5.56 Å². The summed E-state index contributed by atoms with van der Waals surface area (Å²) in [6, 6.07) is 2.06. The Hall–Kier alpha value is -1.43. The van der Waals surface area contributed by atoms with Gasteiger partial charge in [0, 0.05) is 7.05 Å². The molecule has 1 aromatic carbocycles. The molecule has 0 bridgehead atoms. The van der Waals surface area contributed by atoms with Crippen LogP contribution in [0.2, 0.25) is 5.02 Å². The number of anilines is 1. The zero-order valence-corrected chi connectivity index (χ0v) is 8.91. The van der Waals surface area contributed by atoms with Gasteiger partial charge in [0.25, 0.3) is 0 Å². The number of carbonyl (C=O) groups is 1. The van der Waals surface area contributed by atoms with Crippen molar-refractivity contribution in [1.82, 2.24) is 5.32 Å². The van der Waals surface area contributed by atoms with Gasteiger partial charge in [-0.05, 0) is 18.2 Å². The summed E-state index contributed by atoms with van der Waals surface area (Å²) in [6.45, 7) is 0. The summed E-state index contributed by atoms with van der Waals surface area (Å²) >= 11 is 5.64. The lowest BCUT2D eigenvalue weighted by atomic mass is 10.2. The van der Waals surface area contributed by atoms with Crippen LogP contribution in [0.25, 0.3) is 0 Å². The predicted octanol–water partition coefficient (Wildman–Crippen LogP) is 3.11. The zero-order valence-electron chi connectivity index (χ0n) is 8.15. The second-order valence-electron chi connectivity index (χ2n) is 2.90. The standard InChI is InChI=1S/C9H8ClF3N2O/c1-14-8(16)15-7-4-5(9(11,12)13)2-3-6(7)10/h2-4H,1H3,(H2,14,15,16). The van der Waals surface area contributed by atoms with Gasteiger partial charge in [-0.3, -0.25) is 0 Å². The highest BCUT2D eigenvalue weighted by molar-refractivity contribution is 6.33. The second kappa shape index (κ2) is 4.61. The smallest absolute Gasteiger partial charge is 0.341 e. The third-order valence-corrected chi connectivity index (χ3v) is 2.10. The summed E-state index contributed by atoms with van der Waals surface area (Å²) in [5.41, 5.74) is -0.959. The Morgan fingerprint density at radius 3 is 2.50 bits per heavy atom. The van der Waals surface area contributed by atoms with Crippen molar-refractivity contribution in [1.29, 1.82) is 0 Å². The van der Waals surface area contributed by atoms with Gasteiger partial charge in [-0.2, -0.15) is 13.2 Å². The number of amides is 2. The van der Waals surface area contributed by atoms with Gasteiger partial charge in [-0.1, -0.05) is 11.6 Å². The van der Waals surface area contributed by atoms with Crippen LogP contribution in [0.3, 0.4) is 0 Å². The first-order chi connectivity index (χ1) is 7.34. The Labute approximate surface area is 94.6 Å². The summed E-state index contributed by atoms with van der Waals surface area (Å²) < 4.78 is 37.0. The Morgan fingerprint density at radius 2 is 2.00 bits per heavy atom. The molecule has 0 fully saturated rings. The van der Waals surface area contributed by atoms with Gasteiger partial charge in [-0.25, -0.2) is 4.79 Å². The molecule has 0 unspecified atom stereocenters. The Bertz CT molecular complexity index is 406. The topological polar surface area (TPSA) is 41.1 Å². The van der Waals surface area contributed by atoms with E-state index in [9.17, 15) is 18.0 Å². The molecule has 1 aromatic rings. The number of carbonyl (C=O) groups excluding carboxylic acids is 1. The molecular formula is C9H8ClF3N2O. The minimum atomic E-state index is -4.47. The molecule has 1 rings (SSSR count). The van der Waals surface area contributed by atoms with Crippen molar-refractivity contribution < 1.29 is 18.0 Å². The van der Waals surface area contributed by atoms with Crippen LogP contribution >= 0.6 is 11.6 Å². The van der Waals surface area contributed by atoms with E-state index in [4.69, 9.17) is 11.6 Å². The largest absolute Gasteiger partial charge is 0.416 e. The average molecular weight is 253 g/mol. The number of rotatable bonds is 1. The van der Waals surface area contributed by atoms with Crippen molar-refractivity contribution in [3.05, 3.63) is 28.8 Å². The van der Waals surface area contributed by atoms with Crippen molar-refractivity contribution in [2.75, 3.05) is 12.4 Å². The quantitative estimate of drug-likeness (QED) is 0.792. The summed E-state index contributed by atoms with van der Waals surface area (Å²) in [7, 11) is 1.34. The first-order valence-electron chi connectivity index (χ1n) is 4.20. The van der Waals surface area contributed by atoms with E-state index in [2.05, 4.69) is 10.6 Å². The molecule has 0 spiro atoms. The van der Waals surface area contributed by atoms with Gasteiger partial charge < -0.3 is 10.6 Å². The van der Waals surface area contributed by atoms with Gasteiger partial charge in [0.2, 0.25) is 0 Å². The molecule has 2 N–H and O–H groups in total. The third-order valence-electron chi connectivity index (χ3n) is 1.77. The average Bonchev–Trinajstić information content (AvgIpc) is 2.19. The lowest BCUT2D eigenvalue weighted by Crippen LogP contribution is -2.24. The lowest BCUT2D eigenvalue weighted by Gasteiger charge is -2.11. The molecule has 88 valence electrons. The predicted molar refractivity (Wildman–Crippen MR) is 54.5 cm³/mol. The van der Waals surface area contributed by atoms with E-state index in [0.717, 1.165) is 18.2 Å². The second-order valence-corrected chi connectivity index (χ2v) is 3.30. The molecule has 0 aliphatic rings. The maximum absolute atomic E-state index is 12.3. The first-order valence-corrected chi connectivity index (χ1v) is 4.58. The Morgan fingerprint density at radius 1 is 1.38 bits per heavy atom. The number of benzene rings is 1. The van der Waals surface area contributed by atoms with Crippen molar-refractivity contribution >= 4 is 23.3 Å². The van der Waals surface area contributed by atoms with Crippen LogP contribution in [-0.4, -0.2) is 13.1 Å². The number of urea groups is 1. The first kappa shape index (κ1) is 12.6. The van der Waals surface area contributed by atoms with Crippen LogP contribution in [0.5, 0.6) is 0 Å². The molecule has 0 radical (unpaired) electrons. The van der Waals surface area contributed by atoms with Gasteiger partial charge >= 0.3 is 12.2 Å². The highest BCUT2D eigenvalue weighted by atomic mass is 35.5. The van der Waals surface area contributed by atoms with E-state index in [1.54, 1.807) is 0 Å². The molecule has 2 amide bonds. The number of alkyl halides is 3. The summed E-state index contributed by atoms with van der Waals surface area (Å²) in [6.07, 6.45) is -4.47. The molecule has 0 atom stereocenters. The molecule has 0 aliphatic carbocycles. The highest BCUT2D eigenvalue weighted by Gasteiger charge is 2.31. The minimum Gasteiger partial charge on any atom is -0.341 e. The van der Waals surface area contributed by atoms with Crippen molar-refractivity contribution in [2.45, 2.75) is 6.18 Å². The number of halogens is 4. The van der Waals surface area contributed by atoms with Gasteiger partial charge in [0.15, 0.2) is 0 Å². The molecular weight excluding hydrogens is 245 g/mol. The van der Waals surface area contributed by atoms with E-state index in [1.165, 1.54) is 7.05 Å². The SMILES string of the molecule is CNC(=O)Nc1cc(C(F)(F)F)ccc1Cl.